The third-order valence-corrected chi connectivity index (χ3v) is 2.65. The van der Waals surface area contributed by atoms with Crippen LogP contribution in [0.15, 0.2) is 29.4 Å². The average molecular weight is 250 g/mol. The second-order valence-corrected chi connectivity index (χ2v) is 4.52. The SMILES string of the molecule is CN(C)CCCNCc1ccc(C(N)=NO)cc1. The molecule has 18 heavy (non-hydrogen) atoms. The number of hydrogen-bond acceptors (Lipinski definition) is 4. The molecule has 0 fully saturated rings. The van der Waals surface area contributed by atoms with Gasteiger partial charge < -0.3 is 21.2 Å². The van der Waals surface area contributed by atoms with Crippen LogP contribution in [0, 0.1) is 0 Å². The van der Waals surface area contributed by atoms with Gasteiger partial charge in [-0.2, -0.15) is 0 Å². The molecule has 0 spiro atoms. The lowest BCUT2D eigenvalue weighted by atomic mass is 10.1. The maximum atomic E-state index is 8.55. The van der Waals surface area contributed by atoms with E-state index < -0.39 is 0 Å². The van der Waals surface area contributed by atoms with Crippen LogP contribution in [-0.2, 0) is 6.54 Å². The molecule has 1 aromatic rings. The second-order valence-electron chi connectivity index (χ2n) is 4.52. The van der Waals surface area contributed by atoms with Crippen molar-refractivity contribution >= 4 is 5.84 Å². The molecule has 100 valence electrons. The van der Waals surface area contributed by atoms with Crippen molar-refractivity contribution in [3.05, 3.63) is 35.4 Å². The number of amidine groups is 1. The molecular formula is C13H22N4O. The lowest BCUT2D eigenvalue weighted by Crippen LogP contribution is -2.21. The average Bonchev–Trinajstić information content (AvgIpc) is 2.38. The maximum absolute atomic E-state index is 8.55. The van der Waals surface area contributed by atoms with E-state index in [9.17, 15) is 0 Å². The summed E-state index contributed by atoms with van der Waals surface area (Å²) < 4.78 is 0. The molecule has 1 rings (SSSR count). The van der Waals surface area contributed by atoms with Crippen LogP contribution >= 0.6 is 0 Å². The molecule has 0 aliphatic rings. The highest BCUT2D eigenvalue weighted by atomic mass is 16.4. The highest BCUT2D eigenvalue weighted by Gasteiger charge is 1.99. The first-order valence-electron chi connectivity index (χ1n) is 6.05. The molecule has 0 bridgehead atoms. The quantitative estimate of drug-likeness (QED) is 0.220. The van der Waals surface area contributed by atoms with Gasteiger partial charge in [-0.25, -0.2) is 0 Å². The summed E-state index contributed by atoms with van der Waals surface area (Å²) in [7, 11) is 4.15. The van der Waals surface area contributed by atoms with Crippen molar-refractivity contribution in [2.75, 3.05) is 27.2 Å². The van der Waals surface area contributed by atoms with Gasteiger partial charge in [0.05, 0.1) is 0 Å². The van der Waals surface area contributed by atoms with Crippen molar-refractivity contribution in [3.63, 3.8) is 0 Å². The molecule has 0 saturated heterocycles. The first kappa shape index (κ1) is 14.5. The zero-order valence-corrected chi connectivity index (χ0v) is 11.1. The predicted molar refractivity (Wildman–Crippen MR) is 73.8 cm³/mol. The molecule has 0 aliphatic heterocycles. The first-order valence-corrected chi connectivity index (χ1v) is 6.05. The van der Waals surface area contributed by atoms with Gasteiger partial charge in [-0.3, -0.25) is 0 Å². The lowest BCUT2D eigenvalue weighted by Gasteiger charge is -2.10. The zero-order chi connectivity index (χ0) is 13.4. The molecule has 5 nitrogen and oxygen atoms in total. The van der Waals surface area contributed by atoms with Gasteiger partial charge in [0.2, 0.25) is 0 Å². The minimum Gasteiger partial charge on any atom is -0.409 e. The summed E-state index contributed by atoms with van der Waals surface area (Å²) in [6.07, 6.45) is 1.13. The summed E-state index contributed by atoms with van der Waals surface area (Å²) in [6, 6.07) is 7.66. The van der Waals surface area contributed by atoms with E-state index in [-0.39, 0.29) is 5.84 Å². The Balaban J connectivity index is 2.31. The molecule has 0 unspecified atom stereocenters. The Labute approximate surface area is 108 Å². The fraction of sp³-hybridized carbons (Fsp3) is 0.462. The van der Waals surface area contributed by atoms with Gasteiger partial charge >= 0.3 is 0 Å². The Morgan fingerprint density at radius 2 is 2.00 bits per heavy atom. The highest BCUT2D eigenvalue weighted by molar-refractivity contribution is 5.96. The van der Waals surface area contributed by atoms with Gasteiger partial charge in [-0.15, -0.1) is 0 Å². The summed E-state index contributed by atoms with van der Waals surface area (Å²) in [5.74, 6) is 0.139. The molecule has 0 aliphatic carbocycles. The maximum Gasteiger partial charge on any atom is 0.170 e. The number of oxime groups is 1. The largest absolute Gasteiger partial charge is 0.409 e. The van der Waals surface area contributed by atoms with Crippen molar-refractivity contribution in [1.29, 1.82) is 0 Å². The van der Waals surface area contributed by atoms with Crippen molar-refractivity contribution < 1.29 is 5.21 Å². The van der Waals surface area contributed by atoms with E-state index in [0.29, 0.717) is 0 Å². The Hall–Kier alpha value is -1.59. The number of hydrogen-bond donors (Lipinski definition) is 3. The van der Waals surface area contributed by atoms with Crippen LogP contribution < -0.4 is 11.1 Å². The van der Waals surface area contributed by atoms with Crippen LogP contribution in [0.3, 0.4) is 0 Å². The topological polar surface area (TPSA) is 73.9 Å². The van der Waals surface area contributed by atoms with Crippen molar-refractivity contribution in [3.8, 4) is 0 Å². The predicted octanol–water partition coefficient (Wildman–Crippen LogP) is 0.822. The van der Waals surface area contributed by atoms with Crippen LogP contribution in [-0.4, -0.2) is 43.1 Å². The van der Waals surface area contributed by atoms with Crippen LogP contribution in [0.5, 0.6) is 0 Å². The summed E-state index contributed by atoms with van der Waals surface area (Å²) in [5.41, 5.74) is 7.41. The molecular weight excluding hydrogens is 228 g/mol. The summed E-state index contributed by atoms with van der Waals surface area (Å²) in [4.78, 5) is 2.17. The van der Waals surface area contributed by atoms with E-state index in [1.54, 1.807) is 0 Å². The third kappa shape index (κ3) is 5.16. The molecule has 0 saturated carbocycles. The third-order valence-electron chi connectivity index (χ3n) is 2.65. The number of rotatable bonds is 7. The smallest absolute Gasteiger partial charge is 0.170 e. The van der Waals surface area contributed by atoms with E-state index in [4.69, 9.17) is 10.9 Å². The number of nitrogens with two attached hydrogens (primary N) is 1. The summed E-state index contributed by atoms with van der Waals surface area (Å²) in [6.45, 7) is 2.93. The van der Waals surface area contributed by atoms with Gasteiger partial charge in [-0.05, 0) is 39.2 Å². The second kappa shape index (κ2) is 7.68. The summed E-state index contributed by atoms with van der Waals surface area (Å²) >= 11 is 0. The lowest BCUT2D eigenvalue weighted by molar-refractivity contribution is 0.318. The zero-order valence-electron chi connectivity index (χ0n) is 11.1. The Bertz CT molecular complexity index is 373. The molecule has 0 aromatic heterocycles. The van der Waals surface area contributed by atoms with Crippen LogP contribution in [0.4, 0.5) is 0 Å². The van der Waals surface area contributed by atoms with Crippen LogP contribution in [0.2, 0.25) is 0 Å². The van der Waals surface area contributed by atoms with Crippen molar-refractivity contribution in [2.24, 2.45) is 10.9 Å². The van der Waals surface area contributed by atoms with E-state index in [1.165, 1.54) is 5.56 Å². The normalized spacial score (nSPS) is 12.1. The van der Waals surface area contributed by atoms with E-state index in [2.05, 4.69) is 29.5 Å². The Kier molecular flexibility index (Phi) is 6.18. The molecule has 0 heterocycles. The molecule has 4 N–H and O–H groups in total. The van der Waals surface area contributed by atoms with E-state index >= 15 is 0 Å². The van der Waals surface area contributed by atoms with Gasteiger partial charge in [-0.1, -0.05) is 29.4 Å². The monoisotopic (exact) mass is 250 g/mol. The Morgan fingerprint density at radius 3 is 2.56 bits per heavy atom. The van der Waals surface area contributed by atoms with E-state index in [0.717, 1.165) is 31.6 Å². The number of nitrogens with one attached hydrogen (secondary N) is 1. The van der Waals surface area contributed by atoms with Gasteiger partial charge in [0, 0.05) is 12.1 Å². The van der Waals surface area contributed by atoms with Gasteiger partial charge in [0.15, 0.2) is 5.84 Å². The van der Waals surface area contributed by atoms with Crippen molar-refractivity contribution in [2.45, 2.75) is 13.0 Å². The standard InChI is InChI=1S/C13H22N4O/c1-17(2)9-3-8-15-10-11-4-6-12(7-5-11)13(14)16-18/h4-7,15,18H,3,8-10H2,1-2H3,(H2,14,16). The summed E-state index contributed by atoms with van der Waals surface area (Å²) in [5, 5.41) is 14.9. The number of nitrogens with zero attached hydrogens (tertiary/aromatic N) is 2. The van der Waals surface area contributed by atoms with Crippen LogP contribution in [0.1, 0.15) is 17.5 Å². The van der Waals surface area contributed by atoms with Crippen molar-refractivity contribution in [1.82, 2.24) is 10.2 Å². The van der Waals surface area contributed by atoms with Gasteiger partial charge in [0.1, 0.15) is 0 Å². The molecule has 1 aromatic carbocycles. The minimum atomic E-state index is 0.139. The molecule has 0 atom stereocenters. The molecule has 0 amide bonds. The molecule has 5 heteroatoms. The Morgan fingerprint density at radius 1 is 1.33 bits per heavy atom. The number of benzene rings is 1. The fourth-order valence-corrected chi connectivity index (χ4v) is 1.60. The molecule has 0 radical (unpaired) electrons. The minimum absolute atomic E-state index is 0.139. The van der Waals surface area contributed by atoms with Crippen LogP contribution in [0.25, 0.3) is 0 Å². The highest BCUT2D eigenvalue weighted by Crippen LogP contribution is 2.04. The van der Waals surface area contributed by atoms with E-state index in [1.807, 2.05) is 24.3 Å². The fourth-order valence-electron chi connectivity index (χ4n) is 1.60. The van der Waals surface area contributed by atoms with Gasteiger partial charge in [0.25, 0.3) is 0 Å². The first-order chi connectivity index (χ1) is 8.63.